The van der Waals surface area contributed by atoms with Crippen LogP contribution < -0.4 is 5.32 Å². The minimum absolute atomic E-state index is 0.700. The van der Waals surface area contributed by atoms with Crippen molar-refractivity contribution in [1.29, 1.82) is 0 Å². The fraction of sp³-hybridized carbons (Fsp3) is 0.222. The molecule has 0 spiro atoms. The molecule has 1 heterocycles. The summed E-state index contributed by atoms with van der Waals surface area (Å²) in [5.74, 6) is 0. The molecule has 21 heavy (non-hydrogen) atoms. The molecule has 108 valence electrons. The lowest BCUT2D eigenvalue weighted by Crippen LogP contribution is -2.04. The van der Waals surface area contributed by atoms with Crippen LogP contribution in [0.25, 0.3) is 10.9 Å². The van der Waals surface area contributed by atoms with Crippen LogP contribution >= 0.6 is 11.6 Å². The van der Waals surface area contributed by atoms with Crippen LogP contribution in [-0.2, 0) is 13.0 Å². The molecule has 0 unspecified atom stereocenters. The van der Waals surface area contributed by atoms with E-state index >= 15 is 0 Å². The summed E-state index contributed by atoms with van der Waals surface area (Å²) in [5.41, 5.74) is 5.93. The number of aromatic amines is 1. The molecule has 0 atom stereocenters. The van der Waals surface area contributed by atoms with Gasteiger partial charge in [-0.1, -0.05) is 54.9 Å². The summed E-state index contributed by atoms with van der Waals surface area (Å²) in [6, 6.07) is 14.5. The lowest BCUT2D eigenvalue weighted by atomic mass is 10.1. The van der Waals surface area contributed by atoms with E-state index in [0.29, 0.717) is 6.54 Å². The van der Waals surface area contributed by atoms with Gasteiger partial charge in [-0.15, -0.1) is 0 Å². The first-order valence-corrected chi connectivity index (χ1v) is 7.66. The van der Waals surface area contributed by atoms with Gasteiger partial charge in [-0.3, -0.25) is 0 Å². The SMILES string of the molecule is CCc1cccc(C)c1NCc1[nH]c2ccccc2c1Cl. The minimum Gasteiger partial charge on any atom is -0.379 e. The predicted molar refractivity (Wildman–Crippen MR) is 91.2 cm³/mol. The highest BCUT2D eigenvalue weighted by atomic mass is 35.5. The van der Waals surface area contributed by atoms with Gasteiger partial charge < -0.3 is 10.3 Å². The van der Waals surface area contributed by atoms with Crippen LogP contribution in [0.1, 0.15) is 23.7 Å². The maximum Gasteiger partial charge on any atom is 0.0710 e. The van der Waals surface area contributed by atoms with Crippen LogP contribution in [0.4, 0.5) is 5.69 Å². The van der Waals surface area contributed by atoms with Crippen LogP contribution in [-0.4, -0.2) is 4.98 Å². The Labute approximate surface area is 130 Å². The van der Waals surface area contributed by atoms with Crippen molar-refractivity contribution in [3.63, 3.8) is 0 Å². The molecule has 0 radical (unpaired) electrons. The molecule has 0 saturated heterocycles. The number of aromatic nitrogens is 1. The van der Waals surface area contributed by atoms with Crippen molar-refractivity contribution in [2.45, 2.75) is 26.8 Å². The molecule has 2 nitrogen and oxygen atoms in total. The summed E-state index contributed by atoms with van der Waals surface area (Å²) in [6.45, 7) is 5.01. The molecule has 0 fully saturated rings. The van der Waals surface area contributed by atoms with E-state index in [1.165, 1.54) is 16.8 Å². The van der Waals surface area contributed by atoms with Crippen LogP contribution in [0, 0.1) is 6.92 Å². The van der Waals surface area contributed by atoms with Crippen molar-refractivity contribution in [2.24, 2.45) is 0 Å². The van der Waals surface area contributed by atoms with Crippen molar-refractivity contribution in [2.75, 3.05) is 5.32 Å². The Kier molecular flexibility index (Phi) is 3.89. The number of hydrogen-bond acceptors (Lipinski definition) is 1. The van der Waals surface area contributed by atoms with E-state index in [4.69, 9.17) is 11.6 Å². The van der Waals surface area contributed by atoms with Gasteiger partial charge in [0.15, 0.2) is 0 Å². The van der Waals surface area contributed by atoms with Gasteiger partial charge in [0, 0.05) is 16.6 Å². The predicted octanol–water partition coefficient (Wildman–Crippen LogP) is 5.30. The topological polar surface area (TPSA) is 27.8 Å². The normalized spacial score (nSPS) is 11.0. The third-order valence-electron chi connectivity index (χ3n) is 3.90. The van der Waals surface area contributed by atoms with Crippen molar-refractivity contribution >= 4 is 28.2 Å². The Morgan fingerprint density at radius 2 is 1.90 bits per heavy atom. The smallest absolute Gasteiger partial charge is 0.0710 e. The third-order valence-corrected chi connectivity index (χ3v) is 4.33. The first-order valence-electron chi connectivity index (χ1n) is 7.28. The molecule has 2 aromatic carbocycles. The van der Waals surface area contributed by atoms with Crippen molar-refractivity contribution in [3.8, 4) is 0 Å². The number of rotatable bonds is 4. The number of aryl methyl sites for hydroxylation is 2. The number of benzene rings is 2. The van der Waals surface area contributed by atoms with Gasteiger partial charge in [-0.2, -0.15) is 0 Å². The first-order chi connectivity index (χ1) is 10.2. The van der Waals surface area contributed by atoms with Gasteiger partial charge in [0.25, 0.3) is 0 Å². The molecule has 0 saturated carbocycles. The van der Waals surface area contributed by atoms with Gasteiger partial charge in [0.1, 0.15) is 0 Å². The number of fused-ring (bicyclic) bond motifs is 1. The third kappa shape index (κ3) is 2.64. The maximum atomic E-state index is 6.47. The van der Waals surface area contributed by atoms with E-state index in [-0.39, 0.29) is 0 Å². The van der Waals surface area contributed by atoms with E-state index in [1.54, 1.807) is 0 Å². The number of halogens is 1. The van der Waals surface area contributed by atoms with Gasteiger partial charge in [-0.05, 0) is 30.5 Å². The zero-order chi connectivity index (χ0) is 14.8. The molecule has 0 aliphatic carbocycles. The zero-order valence-corrected chi connectivity index (χ0v) is 13.1. The van der Waals surface area contributed by atoms with E-state index in [9.17, 15) is 0 Å². The van der Waals surface area contributed by atoms with Gasteiger partial charge in [0.05, 0.1) is 17.3 Å². The fourth-order valence-corrected chi connectivity index (χ4v) is 3.02. The Bertz CT molecular complexity index is 774. The molecular weight excluding hydrogens is 280 g/mol. The quantitative estimate of drug-likeness (QED) is 0.671. The lowest BCUT2D eigenvalue weighted by molar-refractivity contribution is 1.05. The van der Waals surface area contributed by atoms with E-state index < -0.39 is 0 Å². The monoisotopic (exact) mass is 298 g/mol. The van der Waals surface area contributed by atoms with Crippen LogP contribution in [0.3, 0.4) is 0 Å². The van der Waals surface area contributed by atoms with Crippen LogP contribution in [0.15, 0.2) is 42.5 Å². The Balaban J connectivity index is 1.89. The van der Waals surface area contributed by atoms with Crippen molar-refractivity contribution in [1.82, 2.24) is 4.98 Å². The molecule has 3 rings (SSSR count). The molecule has 3 aromatic rings. The lowest BCUT2D eigenvalue weighted by Gasteiger charge is -2.13. The molecule has 0 amide bonds. The largest absolute Gasteiger partial charge is 0.379 e. The summed E-state index contributed by atoms with van der Waals surface area (Å²) in [4.78, 5) is 3.40. The molecule has 3 heteroatoms. The number of para-hydroxylation sites is 2. The molecular formula is C18H19ClN2. The van der Waals surface area contributed by atoms with Crippen molar-refractivity contribution in [3.05, 3.63) is 64.3 Å². The molecule has 0 bridgehead atoms. The summed E-state index contributed by atoms with van der Waals surface area (Å²) in [5, 5.41) is 5.42. The number of H-pyrrole nitrogens is 1. The molecule has 0 aliphatic rings. The Morgan fingerprint density at radius 1 is 1.10 bits per heavy atom. The van der Waals surface area contributed by atoms with E-state index in [2.05, 4.69) is 48.4 Å². The second-order valence-corrected chi connectivity index (χ2v) is 5.66. The summed E-state index contributed by atoms with van der Waals surface area (Å²) in [7, 11) is 0. The summed E-state index contributed by atoms with van der Waals surface area (Å²) < 4.78 is 0. The second-order valence-electron chi connectivity index (χ2n) is 5.28. The van der Waals surface area contributed by atoms with E-state index in [0.717, 1.165) is 28.0 Å². The van der Waals surface area contributed by atoms with Crippen molar-refractivity contribution < 1.29 is 0 Å². The second kappa shape index (κ2) is 5.82. The first kappa shape index (κ1) is 14.0. The molecule has 2 N–H and O–H groups in total. The summed E-state index contributed by atoms with van der Waals surface area (Å²) in [6.07, 6.45) is 1.02. The summed E-state index contributed by atoms with van der Waals surface area (Å²) >= 11 is 6.47. The average molecular weight is 299 g/mol. The Hall–Kier alpha value is -1.93. The van der Waals surface area contributed by atoms with Crippen LogP contribution in [0.2, 0.25) is 5.02 Å². The number of anilines is 1. The van der Waals surface area contributed by atoms with Crippen LogP contribution in [0.5, 0.6) is 0 Å². The highest BCUT2D eigenvalue weighted by Gasteiger charge is 2.10. The highest BCUT2D eigenvalue weighted by Crippen LogP contribution is 2.28. The van der Waals surface area contributed by atoms with Gasteiger partial charge >= 0.3 is 0 Å². The van der Waals surface area contributed by atoms with E-state index in [1.807, 2.05) is 18.2 Å². The van der Waals surface area contributed by atoms with Gasteiger partial charge in [0.2, 0.25) is 0 Å². The Morgan fingerprint density at radius 3 is 2.67 bits per heavy atom. The minimum atomic E-state index is 0.700. The highest BCUT2D eigenvalue weighted by molar-refractivity contribution is 6.36. The standard InChI is InChI=1S/C18H19ClN2/c1-3-13-8-6-7-12(2)18(13)20-11-16-17(19)14-9-4-5-10-15(14)21-16/h4-10,20-21H,3,11H2,1-2H3. The number of hydrogen-bond donors (Lipinski definition) is 2. The molecule has 1 aromatic heterocycles. The zero-order valence-electron chi connectivity index (χ0n) is 12.3. The number of nitrogens with one attached hydrogen (secondary N) is 2. The maximum absolute atomic E-state index is 6.47. The average Bonchev–Trinajstić information content (AvgIpc) is 2.83. The van der Waals surface area contributed by atoms with Gasteiger partial charge in [-0.25, -0.2) is 0 Å². The fourth-order valence-electron chi connectivity index (χ4n) is 2.74. The molecule has 0 aliphatic heterocycles.